The molecule has 0 spiro atoms. The highest BCUT2D eigenvalue weighted by atomic mass is 16.7. The van der Waals surface area contributed by atoms with Crippen LogP contribution in [0.2, 0.25) is 0 Å². The second-order valence-electron chi connectivity index (χ2n) is 3.59. The molecule has 7 heteroatoms. The van der Waals surface area contributed by atoms with Crippen LogP contribution in [0, 0.1) is 5.41 Å². The first-order chi connectivity index (χ1) is 6.84. The summed E-state index contributed by atoms with van der Waals surface area (Å²) in [6.07, 6.45) is -6.26. The molecule has 1 fully saturated rings. The lowest BCUT2D eigenvalue weighted by molar-refractivity contribution is -0.317. The summed E-state index contributed by atoms with van der Waals surface area (Å²) in [7, 11) is 0. The predicted octanol–water partition coefficient (Wildman–Crippen LogP) is -2.81. The van der Waals surface area contributed by atoms with Crippen molar-refractivity contribution in [2.75, 3.05) is 6.61 Å². The minimum atomic E-state index is -2.37. The lowest BCUT2D eigenvalue weighted by atomic mass is 9.90. The molecule has 88 valence electrons. The van der Waals surface area contributed by atoms with Crippen LogP contribution < -0.4 is 0 Å². The maximum absolute atomic E-state index is 9.73. The van der Waals surface area contributed by atoms with E-state index in [0.29, 0.717) is 0 Å². The summed E-state index contributed by atoms with van der Waals surface area (Å²) in [5.41, 5.74) is -0.417. The molecule has 0 radical (unpaired) electrons. The number of nitrogens with one attached hydrogen (secondary N) is 1. The van der Waals surface area contributed by atoms with E-state index in [1.54, 1.807) is 0 Å². The van der Waals surface area contributed by atoms with Gasteiger partial charge >= 0.3 is 0 Å². The van der Waals surface area contributed by atoms with Gasteiger partial charge in [0, 0.05) is 0 Å². The third-order valence-corrected chi connectivity index (χ3v) is 2.50. The molecule has 0 unspecified atom stereocenters. The fraction of sp³-hybridized carbons (Fsp3) is 0.875. The molecule has 1 rings (SSSR count). The third kappa shape index (κ3) is 1.89. The minimum absolute atomic E-state index is 0.417. The van der Waals surface area contributed by atoms with Crippen LogP contribution in [0.15, 0.2) is 0 Å². The summed E-state index contributed by atoms with van der Waals surface area (Å²) in [5, 5.41) is 53.9. The van der Waals surface area contributed by atoms with Crippen LogP contribution in [-0.2, 0) is 4.74 Å². The van der Waals surface area contributed by atoms with Gasteiger partial charge in [-0.15, -0.1) is 0 Å². The second-order valence-corrected chi connectivity index (χ2v) is 3.59. The van der Waals surface area contributed by atoms with Crippen LogP contribution in [0.4, 0.5) is 0 Å². The number of aliphatic hydroxyl groups is 5. The Kier molecular flexibility index (Phi) is 3.44. The van der Waals surface area contributed by atoms with Gasteiger partial charge in [-0.3, -0.25) is 0 Å². The van der Waals surface area contributed by atoms with Crippen molar-refractivity contribution in [3.8, 4) is 0 Å². The van der Waals surface area contributed by atoms with E-state index in [2.05, 4.69) is 0 Å². The zero-order valence-electron chi connectivity index (χ0n) is 8.16. The Labute approximate surface area is 86.1 Å². The fourth-order valence-electron chi connectivity index (χ4n) is 1.46. The van der Waals surface area contributed by atoms with Crippen molar-refractivity contribution in [1.82, 2.24) is 0 Å². The van der Waals surface area contributed by atoms with Crippen LogP contribution in [0.1, 0.15) is 6.92 Å². The van der Waals surface area contributed by atoms with E-state index in [0.717, 1.165) is 0 Å². The third-order valence-electron chi connectivity index (χ3n) is 2.50. The van der Waals surface area contributed by atoms with Crippen LogP contribution in [0.3, 0.4) is 0 Å². The van der Waals surface area contributed by atoms with Gasteiger partial charge in [0.15, 0.2) is 0 Å². The van der Waals surface area contributed by atoms with Crippen molar-refractivity contribution in [2.45, 2.75) is 37.1 Å². The van der Waals surface area contributed by atoms with Gasteiger partial charge in [0.25, 0.3) is 0 Å². The van der Waals surface area contributed by atoms with Crippen LogP contribution in [-0.4, -0.2) is 68.1 Å². The summed E-state index contributed by atoms with van der Waals surface area (Å²) in [5.74, 6) is -2.37. The normalized spacial score (nSPS) is 46.5. The van der Waals surface area contributed by atoms with Crippen molar-refractivity contribution >= 4 is 5.71 Å². The Morgan fingerprint density at radius 3 is 2.27 bits per heavy atom. The van der Waals surface area contributed by atoms with Gasteiger partial charge in [-0.1, -0.05) is 0 Å². The number of ether oxygens (including phenoxy) is 1. The summed E-state index contributed by atoms with van der Waals surface area (Å²) in [6.45, 7) is 0.544. The van der Waals surface area contributed by atoms with Gasteiger partial charge in [0.1, 0.15) is 24.4 Å². The van der Waals surface area contributed by atoms with Crippen LogP contribution in [0.25, 0.3) is 0 Å². The van der Waals surface area contributed by atoms with E-state index in [-0.39, 0.29) is 0 Å². The minimum Gasteiger partial charge on any atom is -0.394 e. The molecule has 6 N–H and O–H groups in total. The summed E-state index contributed by atoms with van der Waals surface area (Å²) >= 11 is 0. The smallest absolute Gasteiger partial charge is 0.235 e. The molecule has 1 saturated heterocycles. The average molecular weight is 221 g/mol. The molecule has 0 saturated carbocycles. The van der Waals surface area contributed by atoms with Crippen molar-refractivity contribution in [3.05, 3.63) is 0 Å². The van der Waals surface area contributed by atoms with Crippen molar-refractivity contribution in [3.63, 3.8) is 0 Å². The van der Waals surface area contributed by atoms with Gasteiger partial charge in [0.05, 0.1) is 12.3 Å². The highest BCUT2D eigenvalue weighted by Crippen LogP contribution is 2.28. The first kappa shape index (κ1) is 12.5. The molecule has 1 aliphatic heterocycles. The molecule has 15 heavy (non-hydrogen) atoms. The molecule has 7 nitrogen and oxygen atoms in total. The topological polar surface area (TPSA) is 134 Å². The van der Waals surface area contributed by atoms with E-state index in [4.69, 9.17) is 15.3 Å². The summed E-state index contributed by atoms with van der Waals surface area (Å²) in [4.78, 5) is 0. The van der Waals surface area contributed by atoms with Crippen molar-refractivity contribution in [1.29, 1.82) is 5.41 Å². The van der Waals surface area contributed by atoms with E-state index in [9.17, 15) is 20.4 Å². The van der Waals surface area contributed by atoms with E-state index in [1.807, 2.05) is 0 Å². The number of hydrogen-bond donors (Lipinski definition) is 6. The lowest BCUT2D eigenvalue weighted by Gasteiger charge is -2.44. The highest BCUT2D eigenvalue weighted by Gasteiger charge is 2.53. The zero-order chi connectivity index (χ0) is 11.8. The molecule has 0 aromatic heterocycles. The molecule has 1 heterocycles. The summed E-state index contributed by atoms with van der Waals surface area (Å²) < 4.78 is 4.80. The van der Waals surface area contributed by atoms with Crippen molar-refractivity contribution in [2.24, 2.45) is 0 Å². The Morgan fingerprint density at radius 1 is 1.33 bits per heavy atom. The van der Waals surface area contributed by atoms with E-state index in [1.165, 1.54) is 6.92 Å². The van der Waals surface area contributed by atoms with Gasteiger partial charge < -0.3 is 35.7 Å². The van der Waals surface area contributed by atoms with Crippen LogP contribution >= 0.6 is 0 Å². The van der Waals surface area contributed by atoms with E-state index >= 15 is 0 Å². The quantitative estimate of drug-likeness (QED) is 0.279. The number of aliphatic hydroxyl groups excluding tert-OH is 4. The van der Waals surface area contributed by atoms with Crippen LogP contribution in [0.5, 0.6) is 0 Å². The first-order valence-corrected chi connectivity index (χ1v) is 4.45. The lowest BCUT2D eigenvalue weighted by Crippen LogP contribution is -2.67. The average Bonchev–Trinajstić information content (AvgIpc) is 2.20. The molecule has 0 aromatic rings. The number of hydrogen-bond acceptors (Lipinski definition) is 7. The molecule has 0 aliphatic carbocycles. The molecule has 0 amide bonds. The maximum Gasteiger partial charge on any atom is 0.235 e. The largest absolute Gasteiger partial charge is 0.394 e. The van der Waals surface area contributed by atoms with Gasteiger partial charge in [-0.25, -0.2) is 0 Å². The Bertz CT molecular complexity index is 258. The zero-order valence-corrected chi connectivity index (χ0v) is 8.16. The highest BCUT2D eigenvalue weighted by molar-refractivity contribution is 5.86. The SMILES string of the molecule is CC(=N)[C@]1(O)O[C@H](CO)[C@@H](O)[C@H](O)[C@H]1O. The maximum atomic E-state index is 9.73. The fourth-order valence-corrected chi connectivity index (χ4v) is 1.46. The monoisotopic (exact) mass is 221 g/mol. The Balaban J connectivity index is 2.97. The van der Waals surface area contributed by atoms with Gasteiger partial charge in [0.2, 0.25) is 5.79 Å². The predicted molar refractivity (Wildman–Crippen MR) is 48.3 cm³/mol. The number of rotatable bonds is 2. The van der Waals surface area contributed by atoms with E-state index < -0.39 is 42.5 Å². The molecule has 0 aromatic carbocycles. The van der Waals surface area contributed by atoms with Gasteiger partial charge in [-0.05, 0) is 6.92 Å². The molecular formula is C8H15NO6. The first-order valence-electron chi connectivity index (χ1n) is 4.45. The van der Waals surface area contributed by atoms with Crippen molar-refractivity contribution < 1.29 is 30.3 Å². The Morgan fingerprint density at radius 2 is 1.87 bits per heavy atom. The molecule has 0 bridgehead atoms. The summed E-state index contributed by atoms with van der Waals surface area (Å²) in [6, 6.07) is 0. The standard InChI is InChI=1S/C8H15NO6/c1-3(9)8(14)7(13)6(12)5(11)4(2-10)15-8/h4-7,9-14H,2H2,1H3/t4-,5-,6+,7-,8+/m1/s1. The van der Waals surface area contributed by atoms with Gasteiger partial charge in [-0.2, -0.15) is 0 Å². The Hall–Kier alpha value is -0.570. The second kappa shape index (κ2) is 4.12. The molecular weight excluding hydrogens is 206 g/mol. The molecule has 1 aliphatic rings. The molecule has 5 atom stereocenters.